The van der Waals surface area contributed by atoms with Crippen molar-refractivity contribution >= 4 is 23.4 Å². The van der Waals surface area contributed by atoms with E-state index in [4.69, 9.17) is 14.4 Å². The number of carboxylic acids is 1. The second-order valence-corrected chi connectivity index (χ2v) is 8.44. The summed E-state index contributed by atoms with van der Waals surface area (Å²) in [6, 6.07) is 16.6. The lowest BCUT2D eigenvalue weighted by Crippen LogP contribution is -2.16. The molecule has 10 nitrogen and oxygen atoms in total. The quantitative estimate of drug-likeness (QED) is 0.310. The van der Waals surface area contributed by atoms with Crippen molar-refractivity contribution in [3.63, 3.8) is 0 Å². The van der Waals surface area contributed by atoms with Gasteiger partial charge in [-0.1, -0.05) is 59.8 Å². The van der Waals surface area contributed by atoms with Gasteiger partial charge in [-0.25, -0.2) is 14.8 Å². The van der Waals surface area contributed by atoms with Crippen molar-refractivity contribution in [2.45, 2.75) is 26.4 Å². The number of carbonyl (C=O) groups is 2. The zero-order valence-electron chi connectivity index (χ0n) is 20.1. The van der Waals surface area contributed by atoms with E-state index in [0.29, 0.717) is 39.7 Å². The van der Waals surface area contributed by atoms with Crippen LogP contribution in [-0.4, -0.2) is 36.7 Å². The molecule has 37 heavy (non-hydrogen) atoms. The van der Waals surface area contributed by atoms with Crippen molar-refractivity contribution in [3.8, 4) is 22.7 Å². The fourth-order valence-electron chi connectivity index (χ4n) is 4.02. The Balaban J connectivity index is 1.43. The predicted octanol–water partition coefficient (Wildman–Crippen LogP) is 5.30. The minimum absolute atomic E-state index is 0.0552. The molecule has 1 unspecified atom stereocenters. The molecule has 0 bridgehead atoms. The van der Waals surface area contributed by atoms with Crippen molar-refractivity contribution in [1.29, 1.82) is 0 Å². The molecule has 186 valence electrons. The summed E-state index contributed by atoms with van der Waals surface area (Å²) in [5.74, 6) is 0.0197. The molecule has 2 N–H and O–H groups in total. The van der Waals surface area contributed by atoms with Crippen LogP contribution < -0.4 is 5.32 Å². The van der Waals surface area contributed by atoms with E-state index in [1.165, 1.54) is 0 Å². The highest BCUT2D eigenvalue weighted by Crippen LogP contribution is 2.34. The van der Waals surface area contributed by atoms with Gasteiger partial charge < -0.3 is 14.4 Å². The van der Waals surface area contributed by atoms with E-state index in [2.05, 4.69) is 20.4 Å². The van der Waals surface area contributed by atoms with Gasteiger partial charge in [0.15, 0.2) is 11.4 Å². The van der Waals surface area contributed by atoms with Crippen LogP contribution in [0.25, 0.3) is 28.4 Å². The van der Waals surface area contributed by atoms with E-state index >= 15 is 0 Å². The van der Waals surface area contributed by atoms with Gasteiger partial charge in [-0.05, 0) is 25.0 Å². The number of hydrogen-bond acceptors (Lipinski definition) is 7. The van der Waals surface area contributed by atoms with Gasteiger partial charge in [-0.2, -0.15) is 0 Å². The molecule has 0 aliphatic carbocycles. The number of anilines is 1. The van der Waals surface area contributed by atoms with Crippen molar-refractivity contribution in [1.82, 2.24) is 19.5 Å². The molecule has 0 fully saturated rings. The first-order valence-electron chi connectivity index (χ1n) is 11.5. The average Bonchev–Trinajstić information content (AvgIpc) is 3.52. The second-order valence-electron chi connectivity index (χ2n) is 8.44. The van der Waals surface area contributed by atoms with Crippen LogP contribution in [0.1, 0.15) is 29.8 Å². The van der Waals surface area contributed by atoms with Gasteiger partial charge in [-0.15, -0.1) is 0 Å². The van der Waals surface area contributed by atoms with Gasteiger partial charge in [0.2, 0.25) is 0 Å². The minimum Gasteiger partial charge on any atom is -0.481 e. The Morgan fingerprint density at radius 2 is 1.86 bits per heavy atom. The van der Waals surface area contributed by atoms with Crippen LogP contribution in [0.4, 0.5) is 10.5 Å². The lowest BCUT2D eigenvalue weighted by atomic mass is 10.1. The summed E-state index contributed by atoms with van der Waals surface area (Å²) in [5.41, 5.74) is 4.26. The number of nitrogens with one attached hydrogen (secondary N) is 1. The standard InChI is InChI=1S/C27H23N5O5/c1-16-23(30-27(35)36-17(2)19-6-4-3-5-7-19)24(37-31-16)21-15-29-25(32-13-12-28-26(21)32)20-10-8-18(9-11-20)14-22(33)34/h3-13,15,17H,14H2,1-2H3,(H,30,35)(H,33,34). The number of amides is 1. The summed E-state index contributed by atoms with van der Waals surface area (Å²) in [5, 5.41) is 15.8. The third-order valence-electron chi connectivity index (χ3n) is 5.88. The molecule has 0 radical (unpaired) electrons. The molecule has 5 aromatic rings. The lowest BCUT2D eigenvalue weighted by Gasteiger charge is -2.14. The number of carbonyl (C=O) groups excluding carboxylic acids is 1. The largest absolute Gasteiger partial charge is 0.481 e. The summed E-state index contributed by atoms with van der Waals surface area (Å²) in [7, 11) is 0. The molecular formula is C27H23N5O5. The van der Waals surface area contributed by atoms with Crippen LogP contribution in [0, 0.1) is 6.92 Å². The van der Waals surface area contributed by atoms with E-state index in [9.17, 15) is 9.59 Å². The fourth-order valence-corrected chi connectivity index (χ4v) is 4.02. The summed E-state index contributed by atoms with van der Waals surface area (Å²) >= 11 is 0. The van der Waals surface area contributed by atoms with Gasteiger partial charge >= 0.3 is 12.1 Å². The Bertz CT molecular complexity index is 1570. The van der Waals surface area contributed by atoms with Gasteiger partial charge in [0, 0.05) is 24.2 Å². The second kappa shape index (κ2) is 9.94. The van der Waals surface area contributed by atoms with Crippen LogP contribution in [0.2, 0.25) is 0 Å². The van der Waals surface area contributed by atoms with Crippen LogP contribution in [0.3, 0.4) is 0 Å². The number of benzene rings is 2. The summed E-state index contributed by atoms with van der Waals surface area (Å²) in [4.78, 5) is 32.8. The third-order valence-corrected chi connectivity index (χ3v) is 5.88. The number of fused-ring (bicyclic) bond motifs is 1. The number of hydrogen-bond donors (Lipinski definition) is 2. The zero-order valence-corrected chi connectivity index (χ0v) is 20.1. The van der Waals surface area contributed by atoms with Gasteiger partial charge in [0.25, 0.3) is 0 Å². The minimum atomic E-state index is -0.891. The lowest BCUT2D eigenvalue weighted by molar-refractivity contribution is -0.136. The van der Waals surface area contributed by atoms with E-state index in [1.807, 2.05) is 42.5 Å². The molecule has 1 amide bonds. The summed E-state index contributed by atoms with van der Waals surface area (Å²) < 4.78 is 12.9. The van der Waals surface area contributed by atoms with E-state index in [1.54, 1.807) is 49.0 Å². The molecule has 3 heterocycles. The van der Waals surface area contributed by atoms with Crippen LogP contribution >= 0.6 is 0 Å². The first kappa shape index (κ1) is 23.7. The molecule has 0 spiro atoms. The molecule has 10 heteroatoms. The smallest absolute Gasteiger partial charge is 0.412 e. The van der Waals surface area contributed by atoms with Crippen LogP contribution in [0.15, 0.2) is 77.7 Å². The molecule has 0 aliphatic rings. The van der Waals surface area contributed by atoms with E-state index in [-0.39, 0.29) is 6.42 Å². The molecule has 5 rings (SSSR count). The molecule has 0 saturated carbocycles. The monoisotopic (exact) mass is 497 g/mol. The first-order valence-corrected chi connectivity index (χ1v) is 11.5. The SMILES string of the molecule is Cc1noc(-c2cnc(-c3ccc(CC(=O)O)cc3)n3ccnc23)c1NC(=O)OC(C)c1ccccc1. The van der Waals surface area contributed by atoms with Crippen molar-refractivity contribution in [2.75, 3.05) is 5.32 Å². The number of aliphatic carboxylic acids is 1. The topological polar surface area (TPSA) is 132 Å². The molecule has 0 saturated heterocycles. The maximum Gasteiger partial charge on any atom is 0.412 e. The third kappa shape index (κ3) is 4.90. The number of aryl methyl sites for hydroxylation is 1. The Morgan fingerprint density at radius 3 is 2.59 bits per heavy atom. The fraction of sp³-hybridized carbons (Fsp3) is 0.148. The van der Waals surface area contributed by atoms with Gasteiger partial charge in [-0.3, -0.25) is 14.5 Å². The molecule has 3 aromatic heterocycles. The van der Waals surface area contributed by atoms with Gasteiger partial charge in [0.1, 0.15) is 23.3 Å². The highest BCUT2D eigenvalue weighted by atomic mass is 16.6. The highest BCUT2D eigenvalue weighted by Gasteiger charge is 2.23. The Hall–Kier alpha value is -4.99. The summed E-state index contributed by atoms with van der Waals surface area (Å²) in [6.45, 7) is 3.51. The Morgan fingerprint density at radius 1 is 1.11 bits per heavy atom. The maximum absolute atomic E-state index is 12.7. The normalized spacial score (nSPS) is 11.8. The number of carboxylic acid groups (broad SMARTS) is 1. The molecular weight excluding hydrogens is 474 g/mol. The maximum atomic E-state index is 12.7. The van der Waals surface area contributed by atoms with Crippen LogP contribution in [0.5, 0.6) is 0 Å². The number of nitrogens with zero attached hydrogens (tertiary/aromatic N) is 4. The Kier molecular flexibility index (Phi) is 6.38. The van der Waals surface area contributed by atoms with Gasteiger partial charge in [0.05, 0.1) is 12.0 Å². The number of aromatic nitrogens is 4. The zero-order chi connectivity index (χ0) is 25.9. The molecule has 2 aromatic carbocycles. The van der Waals surface area contributed by atoms with E-state index < -0.39 is 18.2 Å². The van der Waals surface area contributed by atoms with Crippen molar-refractivity contribution in [3.05, 3.63) is 90.0 Å². The number of rotatable bonds is 7. The average molecular weight is 498 g/mol. The predicted molar refractivity (Wildman–Crippen MR) is 135 cm³/mol. The summed E-state index contributed by atoms with van der Waals surface area (Å²) in [6.07, 6.45) is 3.85. The number of imidazole rings is 1. The van der Waals surface area contributed by atoms with E-state index in [0.717, 1.165) is 11.1 Å². The Labute approximate surface area is 211 Å². The molecule has 1 atom stereocenters. The van der Waals surface area contributed by atoms with Crippen molar-refractivity contribution in [2.24, 2.45) is 0 Å². The highest BCUT2D eigenvalue weighted by molar-refractivity contribution is 5.93. The first-order chi connectivity index (χ1) is 17.9. The van der Waals surface area contributed by atoms with Crippen molar-refractivity contribution < 1.29 is 24.0 Å². The number of ether oxygens (including phenoxy) is 1. The molecule has 0 aliphatic heterocycles. The van der Waals surface area contributed by atoms with Crippen LogP contribution in [-0.2, 0) is 16.0 Å².